The monoisotopic (exact) mass is 190 g/mol. The van der Waals surface area contributed by atoms with Crippen LogP contribution in [0.1, 0.15) is 0 Å². The van der Waals surface area contributed by atoms with Gasteiger partial charge in [0, 0.05) is 0 Å². The Labute approximate surface area is 92.1 Å². The van der Waals surface area contributed by atoms with Crippen molar-refractivity contribution in [2.45, 2.75) is 0 Å². The van der Waals surface area contributed by atoms with Crippen molar-refractivity contribution < 1.29 is 30.8 Å². The number of carbonyl (C=O) groups is 2. The number of aliphatic carboxylic acids is 2. The fourth-order valence-electron chi connectivity index (χ4n) is 0.136. The predicted molar refractivity (Wildman–Crippen MR) is 32.1 cm³/mol. The fraction of sp³-hybridized carbons (Fsp3) is 0. The zero-order valence-corrected chi connectivity index (χ0v) is 7.70. The summed E-state index contributed by atoms with van der Waals surface area (Å²) in [6, 6.07) is 0. The maximum absolute atomic E-state index is 9.41. The summed E-state index contributed by atoms with van der Waals surface area (Å²) in [5.74, 6) is -3.09. The van der Waals surface area contributed by atoms with E-state index in [1.54, 1.807) is 0 Å². The van der Waals surface area contributed by atoms with E-state index in [4.69, 9.17) is 0 Å². The molecule has 0 aromatic carbocycles. The van der Waals surface area contributed by atoms with Gasteiger partial charge in [0.1, 0.15) is 0 Å². The topological polar surface area (TPSA) is 143 Å². The summed E-state index contributed by atoms with van der Waals surface area (Å²) >= 11 is 0. The third-order valence-corrected chi connectivity index (χ3v) is 0.355. The molecule has 11 heavy (non-hydrogen) atoms. The van der Waals surface area contributed by atoms with Gasteiger partial charge in [-0.2, -0.15) is 0 Å². The molecule has 0 atom stereocenters. The van der Waals surface area contributed by atoms with E-state index in [2.05, 4.69) is 0 Å². The summed E-state index contributed by atoms with van der Waals surface area (Å²) in [5, 5.41) is 18.8. The van der Waals surface area contributed by atoms with Crippen LogP contribution in [0.2, 0.25) is 0 Å². The Morgan fingerprint density at radius 1 is 0.909 bits per heavy atom. The molecule has 0 aromatic heterocycles. The number of carbonyl (C=O) groups excluding carboxylic acids is 2. The molecular weight excluding hydrogens is 184 g/mol. The van der Waals surface area contributed by atoms with E-state index in [9.17, 15) is 19.8 Å². The predicted octanol–water partition coefficient (Wildman–Crippen LogP) is -4.99. The first kappa shape index (κ1) is 22.4. The molecule has 0 aliphatic carbocycles. The van der Waals surface area contributed by atoms with Crippen LogP contribution < -0.4 is 10.2 Å². The van der Waals surface area contributed by atoms with E-state index >= 15 is 0 Å². The van der Waals surface area contributed by atoms with E-state index in [-0.39, 0.29) is 48.7 Å². The summed E-state index contributed by atoms with van der Waals surface area (Å²) in [7, 11) is 0. The first-order valence-electron chi connectivity index (χ1n) is 1.73. The van der Waals surface area contributed by atoms with Gasteiger partial charge in [0.15, 0.2) is 0 Å². The molecule has 0 saturated heterocycles. The molecule has 0 spiro atoms. The van der Waals surface area contributed by atoms with E-state index < -0.39 is 11.9 Å². The molecule has 0 aliphatic heterocycles. The average molecular weight is 190 g/mol. The number of hydrogen-bond donors (Lipinski definition) is 0. The molecule has 0 bridgehead atoms. The van der Waals surface area contributed by atoms with Crippen LogP contribution >= 0.6 is 0 Å². The van der Waals surface area contributed by atoms with Crippen LogP contribution in [0.15, 0.2) is 12.2 Å². The largest absolute Gasteiger partial charge is 2.00 e. The Kier molecular flexibility index (Phi) is 25.6. The summed E-state index contributed by atoms with van der Waals surface area (Å²) < 4.78 is 0. The maximum Gasteiger partial charge on any atom is 2.00 e. The zero-order valence-electron chi connectivity index (χ0n) is 5.49. The molecule has 60 valence electrons. The number of rotatable bonds is 2. The summed E-state index contributed by atoms with van der Waals surface area (Å²) in [6.07, 6.45) is 0.769. The van der Waals surface area contributed by atoms with Crippen LogP contribution in [0.3, 0.4) is 0 Å². The number of hydrogen-bond acceptors (Lipinski definition) is 4. The van der Waals surface area contributed by atoms with Gasteiger partial charge in [-0.15, -0.1) is 0 Å². The first-order chi connectivity index (χ1) is 3.63. The van der Waals surface area contributed by atoms with Crippen molar-refractivity contribution in [3.63, 3.8) is 0 Å². The fourth-order valence-corrected chi connectivity index (χ4v) is 0.136. The molecule has 0 aromatic rings. The smallest absolute Gasteiger partial charge is 0.545 e. The summed E-state index contributed by atoms with van der Waals surface area (Å²) in [5.41, 5.74) is 0. The Morgan fingerprint density at radius 2 is 1.09 bits per heavy atom. The van der Waals surface area contributed by atoms with E-state index in [0.717, 1.165) is 0 Å². The zero-order chi connectivity index (χ0) is 6.57. The third-order valence-electron chi connectivity index (χ3n) is 0.355. The van der Waals surface area contributed by atoms with E-state index in [0.29, 0.717) is 12.2 Å². The molecule has 0 heterocycles. The van der Waals surface area contributed by atoms with Crippen molar-refractivity contribution in [2.75, 3.05) is 0 Å². The normalized spacial score (nSPS) is 6.91. The van der Waals surface area contributed by atoms with Crippen molar-refractivity contribution in [2.24, 2.45) is 0 Å². The number of carboxylic acid groups (broad SMARTS) is 2. The maximum atomic E-state index is 9.41. The minimum atomic E-state index is -1.55. The van der Waals surface area contributed by atoms with Crippen LogP contribution in [0.4, 0.5) is 0 Å². The van der Waals surface area contributed by atoms with Crippen LogP contribution in [0, 0.1) is 0 Å². The second-order valence-corrected chi connectivity index (χ2v) is 0.971. The van der Waals surface area contributed by atoms with Crippen LogP contribution in [-0.2, 0) is 9.59 Å². The molecule has 0 saturated carbocycles. The second-order valence-electron chi connectivity index (χ2n) is 0.971. The van der Waals surface area contributed by atoms with Crippen molar-refractivity contribution in [1.29, 1.82) is 0 Å². The Balaban J connectivity index is -0.0000000817. The standard InChI is InChI=1S/C4H4O4.Ca.2H2O/c5-3(6)1-2-4(7)8;;;/h1-2H,(H,5,6)(H,7,8);;2*1H2/q;+2;;/p-2/b2-1+;;;. The van der Waals surface area contributed by atoms with Crippen molar-refractivity contribution >= 4 is 49.7 Å². The van der Waals surface area contributed by atoms with Crippen molar-refractivity contribution in [1.82, 2.24) is 0 Å². The summed E-state index contributed by atoms with van der Waals surface area (Å²) in [4.78, 5) is 18.8. The van der Waals surface area contributed by atoms with Gasteiger partial charge in [-0.3, -0.25) is 0 Å². The van der Waals surface area contributed by atoms with Gasteiger partial charge in [-0.1, -0.05) is 0 Å². The number of carboxylic acids is 2. The summed E-state index contributed by atoms with van der Waals surface area (Å²) in [6.45, 7) is 0. The first-order valence-corrected chi connectivity index (χ1v) is 1.73. The second kappa shape index (κ2) is 12.5. The molecule has 6 nitrogen and oxygen atoms in total. The average Bonchev–Trinajstić information content (AvgIpc) is 1.61. The quantitative estimate of drug-likeness (QED) is 0.317. The van der Waals surface area contributed by atoms with Crippen LogP contribution in [-0.4, -0.2) is 60.6 Å². The van der Waals surface area contributed by atoms with Gasteiger partial charge in [0.2, 0.25) is 0 Å². The van der Waals surface area contributed by atoms with Crippen LogP contribution in [0.5, 0.6) is 0 Å². The molecule has 0 rings (SSSR count). The Bertz CT molecular complexity index is 126. The molecule has 0 radical (unpaired) electrons. The molecule has 0 unspecified atom stereocenters. The van der Waals surface area contributed by atoms with Gasteiger partial charge in [-0.25, -0.2) is 0 Å². The Hall–Kier alpha value is -0.140. The van der Waals surface area contributed by atoms with Crippen LogP contribution in [0.25, 0.3) is 0 Å². The minimum absolute atomic E-state index is 0. The molecule has 0 aliphatic rings. The van der Waals surface area contributed by atoms with Crippen molar-refractivity contribution in [3.05, 3.63) is 12.2 Å². The SMILES string of the molecule is O.O.O=C([O-])/C=C/C(=O)[O-].[Ca+2]. The van der Waals surface area contributed by atoms with E-state index in [1.165, 1.54) is 0 Å². The molecule has 0 fully saturated rings. The minimum Gasteiger partial charge on any atom is -0.545 e. The Morgan fingerprint density at radius 3 is 1.18 bits per heavy atom. The van der Waals surface area contributed by atoms with Gasteiger partial charge in [0.25, 0.3) is 0 Å². The molecule has 7 heteroatoms. The van der Waals surface area contributed by atoms with Gasteiger partial charge < -0.3 is 30.8 Å². The molecule has 0 amide bonds. The van der Waals surface area contributed by atoms with Gasteiger partial charge in [-0.05, 0) is 12.2 Å². The van der Waals surface area contributed by atoms with Gasteiger partial charge >= 0.3 is 37.7 Å². The third kappa shape index (κ3) is 25.8. The van der Waals surface area contributed by atoms with Gasteiger partial charge in [0.05, 0.1) is 11.9 Å². The molecule has 4 N–H and O–H groups in total. The van der Waals surface area contributed by atoms with E-state index in [1.807, 2.05) is 0 Å². The molecular formula is C4H6CaO6. The van der Waals surface area contributed by atoms with Crippen molar-refractivity contribution in [3.8, 4) is 0 Å².